The number of pyridine rings is 1. The van der Waals surface area contributed by atoms with E-state index in [1.54, 1.807) is 0 Å². The van der Waals surface area contributed by atoms with Crippen LogP contribution in [-0.2, 0) is 0 Å². The van der Waals surface area contributed by atoms with Crippen molar-refractivity contribution < 1.29 is 4.79 Å². The first-order valence-corrected chi connectivity index (χ1v) is 8.91. The molecule has 1 aromatic heterocycles. The highest BCUT2D eigenvalue weighted by atomic mass is 16.2. The van der Waals surface area contributed by atoms with Gasteiger partial charge >= 0.3 is 0 Å². The van der Waals surface area contributed by atoms with Gasteiger partial charge < -0.3 is 19.6 Å². The van der Waals surface area contributed by atoms with Crippen LogP contribution in [0.1, 0.15) is 23.3 Å². The molecule has 0 unspecified atom stereocenters. The van der Waals surface area contributed by atoms with Crippen LogP contribution in [0.3, 0.4) is 0 Å². The summed E-state index contributed by atoms with van der Waals surface area (Å²) in [5.41, 5.74) is 0.563. The maximum Gasteiger partial charge on any atom is 0.272 e. The molecule has 0 spiro atoms. The molecule has 0 N–H and O–H groups in total. The van der Waals surface area contributed by atoms with E-state index in [-0.39, 0.29) is 5.91 Å². The average molecular weight is 331 g/mol. The average Bonchev–Trinajstić information content (AvgIpc) is 2.62. The van der Waals surface area contributed by atoms with E-state index in [2.05, 4.69) is 33.8 Å². The number of carbonyl (C=O) groups excluding carboxylic acids is 1. The van der Waals surface area contributed by atoms with E-state index >= 15 is 0 Å². The number of nitrogens with zero attached hydrogens (tertiary/aromatic N) is 5. The molecule has 1 aromatic rings. The van der Waals surface area contributed by atoms with Gasteiger partial charge in [-0.25, -0.2) is 4.98 Å². The van der Waals surface area contributed by atoms with Gasteiger partial charge in [-0.15, -0.1) is 0 Å². The number of hydrogen-bond acceptors (Lipinski definition) is 5. The Balaban J connectivity index is 1.67. The highest BCUT2D eigenvalue weighted by Gasteiger charge is 2.26. The van der Waals surface area contributed by atoms with Gasteiger partial charge in [-0.3, -0.25) is 4.79 Å². The smallest absolute Gasteiger partial charge is 0.272 e. The van der Waals surface area contributed by atoms with Crippen molar-refractivity contribution in [1.82, 2.24) is 19.7 Å². The van der Waals surface area contributed by atoms with Gasteiger partial charge in [0.05, 0.1) is 0 Å². The Hall–Kier alpha value is -1.66. The minimum absolute atomic E-state index is 0.0422. The Morgan fingerprint density at radius 1 is 1.04 bits per heavy atom. The van der Waals surface area contributed by atoms with Gasteiger partial charge in [0.25, 0.3) is 5.91 Å². The van der Waals surface area contributed by atoms with E-state index in [0.717, 1.165) is 57.9 Å². The molecule has 0 saturated carbocycles. The molecular weight excluding hydrogens is 302 g/mol. The fraction of sp³-hybridized carbons (Fsp3) is 0.667. The first-order valence-electron chi connectivity index (χ1n) is 8.91. The second-order valence-corrected chi connectivity index (χ2v) is 7.12. The molecule has 6 heteroatoms. The monoisotopic (exact) mass is 331 g/mol. The summed E-state index contributed by atoms with van der Waals surface area (Å²) in [5, 5.41) is 0. The van der Waals surface area contributed by atoms with E-state index in [1.165, 1.54) is 0 Å². The van der Waals surface area contributed by atoms with Crippen LogP contribution < -0.4 is 4.90 Å². The molecule has 3 rings (SSSR count). The molecule has 0 aliphatic carbocycles. The molecule has 0 atom stereocenters. The second kappa shape index (κ2) is 7.49. The minimum Gasteiger partial charge on any atom is -0.354 e. The Kier molecular flexibility index (Phi) is 5.36. The van der Waals surface area contributed by atoms with Crippen molar-refractivity contribution in [2.24, 2.45) is 0 Å². The number of piperazine rings is 1. The van der Waals surface area contributed by atoms with Gasteiger partial charge in [0, 0.05) is 39.3 Å². The Bertz CT molecular complexity index is 562. The molecule has 0 aromatic carbocycles. The number of rotatable bonds is 3. The van der Waals surface area contributed by atoms with Crippen LogP contribution in [0, 0.1) is 0 Å². The SMILES string of the molecule is CN1CCC(N(C)C(=O)c2cccc(N3CCN(C)CC3)n2)CC1. The quantitative estimate of drug-likeness (QED) is 0.827. The summed E-state index contributed by atoms with van der Waals surface area (Å²) in [6.07, 6.45) is 2.08. The van der Waals surface area contributed by atoms with E-state index < -0.39 is 0 Å². The van der Waals surface area contributed by atoms with Crippen LogP contribution in [0.25, 0.3) is 0 Å². The predicted octanol–water partition coefficient (Wildman–Crippen LogP) is 1.000. The van der Waals surface area contributed by atoms with E-state index in [4.69, 9.17) is 0 Å². The standard InChI is InChI=1S/C18H29N5O/c1-20-9-7-15(8-10-20)22(3)18(24)16-5-4-6-17(19-16)23-13-11-21(2)12-14-23/h4-6,15H,7-14H2,1-3H3. The summed E-state index contributed by atoms with van der Waals surface area (Å²) in [4.78, 5) is 26.3. The first-order chi connectivity index (χ1) is 11.5. The van der Waals surface area contributed by atoms with Gasteiger partial charge in [0.15, 0.2) is 0 Å². The zero-order valence-electron chi connectivity index (χ0n) is 15.1. The number of amides is 1. The molecular formula is C18H29N5O. The lowest BCUT2D eigenvalue weighted by atomic mass is 10.0. The largest absolute Gasteiger partial charge is 0.354 e. The van der Waals surface area contributed by atoms with Crippen LogP contribution in [-0.4, -0.2) is 92.0 Å². The summed E-state index contributed by atoms with van der Waals surface area (Å²) in [6.45, 7) is 6.11. The van der Waals surface area contributed by atoms with Crippen LogP contribution in [0.5, 0.6) is 0 Å². The molecule has 3 heterocycles. The highest BCUT2D eigenvalue weighted by Crippen LogP contribution is 2.18. The number of hydrogen-bond donors (Lipinski definition) is 0. The van der Waals surface area contributed by atoms with Crippen LogP contribution in [0.15, 0.2) is 18.2 Å². The summed E-state index contributed by atoms with van der Waals surface area (Å²) >= 11 is 0. The molecule has 0 bridgehead atoms. The topological polar surface area (TPSA) is 42.9 Å². The van der Waals surface area contributed by atoms with Crippen molar-refractivity contribution in [2.45, 2.75) is 18.9 Å². The third-order valence-corrected chi connectivity index (χ3v) is 5.34. The predicted molar refractivity (Wildman–Crippen MR) is 96.6 cm³/mol. The number of likely N-dealkylation sites (N-methyl/N-ethyl adjacent to an activating group) is 1. The summed E-state index contributed by atoms with van der Waals surface area (Å²) in [7, 11) is 6.20. The molecule has 24 heavy (non-hydrogen) atoms. The van der Waals surface area contributed by atoms with Crippen molar-refractivity contribution in [2.75, 3.05) is 65.3 Å². The minimum atomic E-state index is 0.0422. The van der Waals surface area contributed by atoms with Gasteiger partial charge in [-0.05, 0) is 52.2 Å². The Morgan fingerprint density at radius 2 is 1.67 bits per heavy atom. The van der Waals surface area contributed by atoms with E-state index in [0.29, 0.717) is 11.7 Å². The van der Waals surface area contributed by atoms with Gasteiger partial charge in [0.1, 0.15) is 11.5 Å². The summed E-state index contributed by atoms with van der Waals surface area (Å²) in [5.74, 6) is 0.964. The number of piperidine rings is 1. The fourth-order valence-corrected chi connectivity index (χ4v) is 3.48. The van der Waals surface area contributed by atoms with Crippen molar-refractivity contribution >= 4 is 11.7 Å². The molecule has 2 aliphatic heterocycles. The van der Waals surface area contributed by atoms with Crippen LogP contribution >= 0.6 is 0 Å². The molecule has 6 nitrogen and oxygen atoms in total. The van der Waals surface area contributed by atoms with E-state index in [1.807, 2.05) is 30.1 Å². The Morgan fingerprint density at radius 3 is 2.33 bits per heavy atom. The van der Waals surface area contributed by atoms with Crippen molar-refractivity contribution in [3.05, 3.63) is 23.9 Å². The summed E-state index contributed by atoms with van der Waals surface area (Å²) in [6, 6.07) is 6.13. The van der Waals surface area contributed by atoms with Crippen LogP contribution in [0.4, 0.5) is 5.82 Å². The van der Waals surface area contributed by atoms with Crippen molar-refractivity contribution in [1.29, 1.82) is 0 Å². The first kappa shape index (κ1) is 17.2. The lowest BCUT2D eigenvalue weighted by Gasteiger charge is -2.35. The third kappa shape index (κ3) is 3.87. The zero-order valence-corrected chi connectivity index (χ0v) is 15.1. The lowest BCUT2D eigenvalue weighted by molar-refractivity contribution is 0.0654. The van der Waals surface area contributed by atoms with Gasteiger partial charge in [0.2, 0.25) is 0 Å². The van der Waals surface area contributed by atoms with E-state index in [9.17, 15) is 4.79 Å². The van der Waals surface area contributed by atoms with Crippen molar-refractivity contribution in [3.63, 3.8) is 0 Å². The number of carbonyl (C=O) groups is 1. The maximum absolute atomic E-state index is 12.8. The third-order valence-electron chi connectivity index (χ3n) is 5.34. The second-order valence-electron chi connectivity index (χ2n) is 7.12. The Labute approximate surface area is 145 Å². The van der Waals surface area contributed by atoms with Crippen molar-refractivity contribution in [3.8, 4) is 0 Å². The number of aromatic nitrogens is 1. The molecule has 2 aliphatic rings. The number of likely N-dealkylation sites (tertiary alicyclic amines) is 1. The molecule has 0 radical (unpaired) electrons. The normalized spacial score (nSPS) is 21.0. The molecule has 1 amide bonds. The summed E-state index contributed by atoms with van der Waals surface area (Å²) < 4.78 is 0. The molecule has 2 fully saturated rings. The van der Waals surface area contributed by atoms with Gasteiger partial charge in [-0.1, -0.05) is 6.07 Å². The lowest BCUT2D eigenvalue weighted by Crippen LogP contribution is -2.45. The maximum atomic E-state index is 12.8. The highest BCUT2D eigenvalue weighted by molar-refractivity contribution is 5.92. The zero-order chi connectivity index (χ0) is 17.1. The molecule has 132 valence electrons. The number of anilines is 1. The fourth-order valence-electron chi connectivity index (χ4n) is 3.48. The van der Waals surface area contributed by atoms with Crippen LogP contribution in [0.2, 0.25) is 0 Å². The van der Waals surface area contributed by atoms with Gasteiger partial charge in [-0.2, -0.15) is 0 Å². The molecule has 2 saturated heterocycles.